The summed E-state index contributed by atoms with van der Waals surface area (Å²) in [4.78, 5) is 11.0. The van der Waals surface area contributed by atoms with Crippen LogP contribution in [0.15, 0.2) is 12.4 Å². The summed E-state index contributed by atoms with van der Waals surface area (Å²) in [5, 5.41) is 9.76. The molecule has 1 atom stereocenters. The predicted octanol–water partition coefficient (Wildman–Crippen LogP) is 1.97. The highest BCUT2D eigenvalue weighted by molar-refractivity contribution is 5.39. The largest absolute Gasteiger partial charge is 0.396 e. The molecule has 1 aromatic rings. The first-order valence-electron chi connectivity index (χ1n) is 7.94. The summed E-state index contributed by atoms with van der Waals surface area (Å²) in [5.41, 5.74) is 1.13. The smallest absolute Gasteiger partial charge is 0.131 e. The number of nitrogens with zero attached hydrogens (tertiary/aromatic N) is 3. The Kier molecular flexibility index (Phi) is 4.40. The Labute approximate surface area is 126 Å². The van der Waals surface area contributed by atoms with E-state index in [0.29, 0.717) is 5.92 Å². The Hall–Kier alpha value is -1.20. The van der Waals surface area contributed by atoms with E-state index in [2.05, 4.69) is 28.0 Å². The number of ether oxygens (including phenoxy) is 1. The van der Waals surface area contributed by atoms with Gasteiger partial charge in [0.2, 0.25) is 0 Å². The van der Waals surface area contributed by atoms with Crippen LogP contribution in [0.25, 0.3) is 0 Å². The van der Waals surface area contributed by atoms with Gasteiger partial charge in [0.15, 0.2) is 0 Å². The topological polar surface area (TPSA) is 58.5 Å². The number of aliphatic hydroxyl groups is 1. The molecule has 2 aliphatic rings. The third kappa shape index (κ3) is 3.19. The Balaban J connectivity index is 1.71. The van der Waals surface area contributed by atoms with Crippen molar-refractivity contribution in [2.45, 2.75) is 38.0 Å². The van der Waals surface area contributed by atoms with E-state index < -0.39 is 0 Å². The molecule has 0 aromatic carbocycles. The van der Waals surface area contributed by atoms with Crippen LogP contribution in [0, 0.1) is 5.41 Å². The highest BCUT2D eigenvalue weighted by Gasteiger charge is 2.34. The molecule has 3 rings (SSSR count). The van der Waals surface area contributed by atoms with Crippen LogP contribution >= 0.6 is 0 Å². The molecular formula is C16H25N3O2. The van der Waals surface area contributed by atoms with E-state index in [1.54, 1.807) is 6.33 Å². The number of anilines is 1. The molecule has 1 aliphatic carbocycles. The minimum absolute atomic E-state index is 0.0519. The Bertz CT molecular complexity index is 468. The average molecular weight is 291 g/mol. The fourth-order valence-corrected chi connectivity index (χ4v) is 3.64. The van der Waals surface area contributed by atoms with Crippen molar-refractivity contribution in [2.24, 2.45) is 5.41 Å². The van der Waals surface area contributed by atoms with E-state index in [4.69, 9.17) is 4.74 Å². The molecule has 0 amide bonds. The quantitative estimate of drug-likeness (QED) is 0.899. The van der Waals surface area contributed by atoms with Crippen molar-refractivity contribution in [2.75, 3.05) is 38.3 Å². The number of rotatable bonds is 5. The van der Waals surface area contributed by atoms with Crippen LogP contribution in [0.4, 0.5) is 5.82 Å². The van der Waals surface area contributed by atoms with Crippen molar-refractivity contribution in [1.29, 1.82) is 0 Å². The highest BCUT2D eigenvalue weighted by Crippen LogP contribution is 2.38. The maximum Gasteiger partial charge on any atom is 0.131 e. The summed E-state index contributed by atoms with van der Waals surface area (Å²) < 4.78 is 5.45. The van der Waals surface area contributed by atoms with E-state index in [9.17, 15) is 5.11 Å². The Morgan fingerprint density at radius 1 is 1.38 bits per heavy atom. The lowest BCUT2D eigenvalue weighted by Crippen LogP contribution is -2.37. The molecule has 116 valence electrons. The molecule has 0 unspecified atom stereocenters. The molecule has 2 fully saturated rings. The summed E-state index contributed by atoms with van der Waals surface area (Å²) in [7, 11) is 2.06. The molecule has 1 saturated heterocycles. The molecule has 5 heteroatoms. The number of aliphatic hydroxyl groups excluding tert-OH is 1. The number of hydrogen-bond acceptors (Lipinski definition) is 5. The van der Waals surface area contributed by atoms with Gasteiger partial charge < -0.3 is 14.7 Å². The predicted molar refractivity (Wildman–Crippen MR) is 81.5 cm³/mol. The van der Waals surface area contributed by atoms with Crippen molar-refractivity contribution < 1.29 is 9.84 Å². The molecule has 1 saturated carbocycles. The zero-order valence-electron chi connectivity index (χ0n) is 12.8. The molecule has 0 bridgehead atoms. The van der Waals surface area contributed by atoms with Crippen LogP contribution in [-0.4, -0.2) is 48.5 Å². The zero-order chi connectivity index (χ0) is 14.7. The van der Waals surface area contributed by atoms with Gasteiger partial charge in [-0.1, -0.05) is 12.8 Å². The van der Waals surface area contributed by atoms with E-state index in [1.165, 1.54) is 12.8 Å². The fourth-order valence-electron chi connectivity index (χ4n) is 3.64. The van der Waals surface area contributed by atoms with Crippen LogP contribution in [0.5, 0.6) is 0 Å². The summed E-state index contributed by atoms with van der Waals surface area (Å²) in [6.07, 6.45) is 7.37. The lowest BCUT2D eigenvalue weighted by Gasteiger charge is -2.32. The average Bonchev–Trinajstić information content (AvgIpc) is 3.19. The van der Waals surface area contributed by atoms with Gasteiger partial charge in [0.1, 0.15) is 12.1 Å². The molecular weight excluding hydrogens is 266 g/mol. The van der Waals surface area contributed by atoms with Gasteiger partial charge >= 0.3 is 0 Å². The van der Waals surface area contributed by atoms with Crippen LogP contribution in [-0.2, 0) is 4.74 Å². The first-order valence-corrected chi connectivity index (χ1v) is 7.94. The summed E-state index contributed by atoms with van der Waals surface area (Å²) in [5.74, 6) is 1.35. The maximum absolute atomic E-state index is 9.76. The maximum atomic E-state index is 9.76. The van der Waals surface area contributed by atoms with Gasteiger partial charge in [-0.15, -0.1) is 0 Å². The second-order valence-electron chi connectivity index (χ2n) is 6.58. The monoisotopic (exact) mass is 291 g/mol. The van der Waals surface area contributed by atoms with Crippen molar-refractivity contribution in [3.63, 3.8) is 0 Å². The van der Waals surface area contributed by atoms with Gasteiger partial charge in [0.25, 0.3) is 0 Å². The third-order valence-electron chi connectivity index (χ3n) is 4.99. The van der Waals surface area contributed by atoms with Crippen LogP contribution in [0.1, 0.15) is 43.7 Å². The Morgan fingerprint density at radius 2 is 2.19 bits per heavy atom. The zero-order valence-corrected chi connectivity index (χ0v) is 12.8. The van der Waals surface area contributed by atoms with Gasteiger partial charge in [-0.25, -0.2) is 9.97 Å². The van der Waals surface area contributed by atoms with Crippen molar-refractivity contribution in [1.82, 2.24) is 9.97 Å². The normalized spacial score (nSPS) is 24.4. The summed E-state index contributed by atoms with van der Waals surface area (Å²) >= 11 is 0. The fraction of sp³-hybridized carbons (Fsp3) is 0.750. The minimum Gasteiger partial charge on any atom is -0.396 e. The standard InChI is InChI=1S/C16H25N3O2/c1-19(10-16(11-20)5-2-3-6-16)15-8-14(17-12-18-15)13-4-7-21-9-13/h8,12-13,20H,2-7,9-11H2,1H3/t13-/m1/s1. The molecule has 5 nitrogen and oxygen atoms in total. The molecule has 0 radical (unpaired) electrons. The molecule has 21 heavy (non-hydrogen) atoms. The van der Waals surface area contributed by atoms with Gasteiger partial charge in [0.05, 0.1) is 18.9 Å². The van der Waals surface area contributed by atoms with Gasteiger partial charge in [0, 0.05) is 37.6 Å². The first kappa shape index (κ1) is 14.7. The van der Waals surface area contributed by atoms with E-state index in [1.807, 2.05) is 0 Å². The minimum atomic E-state index is 0.0519. The number of aromatic nitrogens is 2. The van der Waals surface area contributed by atoms with Crippen LogP contribution in [0.2, 0.25) is 0 Å². The molecule has 1 aliphatic heterocycles. The van der Waals surface area contributed by atoms with Crippen molar-refractivity contribution >= 4 is 5.82 Å². The molecule has 2 heterocycles. The van der Waals surface area contributed by atoms with Gasteiger partial charge in [-0.05, 0) is 19.3 Å². The Morgan fingerprint density at radius 3 is 2.86 bits per heavy atom. The van der Waals surface area contributed by atoms with Gasteiger partial charge in [-0.2, -0.15) is 0 Å². The van der Waals surface area contributed by atoms with E-state index in [-0.39, 0.29) is 12.0 Å². The van der Waals surface area contributed by atoms with Crippen molar-refractivity contribution in [3.05, 3.63) is 18.1 Å². The SMILES string of the molecule is CN(CC1(CO)CCCC1)c1cc([C@@H]2CCOC2)ncn1. The second kappa shape index (κ2) is 6.28. The second-order valence-corrected chi connectivity index (χ2v) is 6.58. The number of hydrogen-bond donors (Lipinski definition) is 1. The first-order chi connectivity index (χ1) is 10.2. The van der Waals surface area contributed by atoms with Crippen LogP contribution < -0.4 is 4.90 Å². The molecule has 1 N–H and O–H groups in total. The lowest BCUT2D eigenvalue weighted by molar-refractivity contribution is 0.136. The summed E-state index contributed by atoms with van der Waals surface area (Å²) in [6.45, 7) is 2.72. The van der Waals surface area contributed by atoms with E-state index >= 15 is 0 Å². The third-order valence-corrected chi connectivity index (χ3v) is 4.99. The lowest BCUT2D eigenvalue weighted by atomic mass is 9.86. The van der Waals surface area contributed by atoms with Gasteiger partial charge in [-0.3, -0.25) is 0 Å². The molecule has 1 aromatic heterocycles. The highest BCUT2D eigenvalue weighted by atomic mass is 16.5. The van der Waals surface area contributed by atoms with Crippen molar-refractivity contribution in [3.8, 4) is 0 Å². The summed E-state index contributed by atoms with van der Waals surface area (Å²) in [6, 6.07) is 2.08. The van der Waals surface area contributed by atoms with Crippen LogP contribution in [0.3, 0.4) is 0 Å². The van der Waals surface area contributed by atoms with E-state index in [0.717, 1.165) is 50.5 Å². The molecule has 0 spiro atoms.